The summed E-state index contributed by atoms with van der Waals surface area (Å²) < 4.78 is 40.1. The lowest BCUT2D eigenvalue weighted by molar-refractivity contribution is -0.122. The van der Waals surface area contributed by atoms with Crippen LogP contribution in [0.15, 0.2) is 47.4 Å². The molecule has 1 aliphatic rings. The largest absolute Gasteiger partial charge is 0.351 e. The summed E-state index contributed by atoms with van der Waals surface area (Å²) in [6.07, 6.45) is 0. The number of benzene rings is 2. The molecule has 2 aromatic rings. The van der Waals surface area contributed by atoms with Gasteiger partial charge < -0.3 is 5.32 Å². The van der Waals surface area contributed by atoms with Crippen molar-refractivity contribution in [2.75, 3.05) is 32.7 Å². The first-order chi connectivity index (χ1) is 13.8. The predicted molar refractivity (Wildman–Crippen MR) is 109 cm³/mol. The van der Waals surface area contributed by atoms with Crippen LogP contribution in [0.25, 0.3) is 0 Å². The van der Waals surface area contributed by atoms with E-state index in [1.807, 2.05) is 24.8 Å². The molecule has 0 aliphatic carbocycles. The highest BCUT2D eigenvalue weighted by molar-refractivity contribution is 7.89. The van der Waals surface area contributed by atoms with Gasteiger partial charge in [-0.2, -0.15) is 4.31 Å². The molecule has 0 bridgehead atoms. The van der Waals surface area contributed by atoms with Crippen molar-refractivity contribution in [1.29, 1.82) is 0 Å². The quantitative estimate of drug-likeness (QED) is 0.778. The number of amides is 1. The molecule has 1 aliphatic heterocycles. The molecule has 3 rings (SSSR count). The van der Waals surface area contributed by atoms with E-state index in [9.17, 15) is 17.6 Å². The number of nitrogens with zero attached hydrogens (tertiary/aromatic N) is 2. The monoisotopic (exact) mass is 419 g/mol. The van der Waals surface area contributed by atoms with Crippen LogP contribution in [-0.2, 0) is 21.4 Å². The van der Waals surface area contributed by atoms with Crippen molar-refractivity contribution in [3.05, 3.63) is 65.0 Å². The van der Waals surface area contributed by atoms with Crippen LogP contribution in [0.1, 0.15) is 16.7 Å². The Bertz CT molecular complexity index is 969. The Labute approximate surface area is 171 Å². The molecule has 6 nitrogen and oxygen atoms in total. The fourth-order valence-electron chi connectivity index (χ4n) is 3.21. The van der Waals surface area contributed by atoms with Crippen LogP contribution >= 0.6 is 0 Å². The second-order valence-corrected chi connectivity index (χ2v) is 9.27. The number of halogens is 1. The van der Waals surface area contributed by atoms with E-state index in [0.717, 1.165) is 16.7 Å². The molecule has 0 unspecified atom stereocenters. The number of rotatable bonds is 6. The summed E-state index contributed by atoms with van der Waals surface area (Å²) >= 11 is 0. The molecule has 8 heteroatoms. The average molecular weight is 420 g/mol. The van der Waals surface area contributed by atoms with E-state index >= 15 is 0 Å². The Hall–Kier alpha value is -2.29. The molecule has 1 saturated heterocycles. The van der Waals surface area contributed by atoms with Crippen LogP contribution in [0.3, 0.4) is 0 Å². The average Bonchev–Trinajstić information content (AvgIpc) is 2.70. The van der Waals surface area contributed by atoms with Gasteiger partial charge in [0.1, 0.15) is 5.82 Å². The molecule has 1 N–H and O–H groups in total. The van der Waals surface area contributed by atoms with Gasteiger partial charge in [0.25, 0.3) is 0 Å². The number of carbonyl (C=O) groups is 1. The van der Waals surface area contributed by atoms with E-state index in [1.165, 1.54) is 16.4 Å². The lowest BCUT2D eigenvalue weighted by atomic mass is 10.1. The fourth-order valence-corrected chi connectivity index (χ4v) is 4.72. The second kappa shape index (κ2) is 9.02. The summed E-state index contributed by atoms with van der Waals surface area (Å²) in [5.41, 5.74) is 2.83. The van der Waals surface area contributed by atoms with E-state index in [0.29, 0.717) is 37.6 Å². The van der Waals surface area contributed by atoms with Gasteiger partial charge in [-0.15, -0.1) is 0 Å². The van der Waals surface area contributed by atoms with Crippen molar-refractivity contribution in [3.8, 4) is 0 Å². The van der Waals surface area contributed by atoms with Gasteiger partial charge in [0.15, 0.2) is 0 Å². The van der Waals surface area contributed by atoms with Crippen molar-refractivity contribution in [2.45, 2.75) is 25.3 Å². The Morgan fingerprint density at radius 1 is 1.00 bits per heavy atom. The van der Waals surface area contributed by atoms with Gasteiger partial charge in [0, 0.05) is 32.7 Å². The minimum Gasteiger partial charge on any atom is -0.351 e. The van der Waals surface area contributed by atoms with E-state index in [-0.39, 0.29) is 18.3 Å². The third-order valence-corrected chi connectivity index (χ3v) is 7.11. The maximum Gasteiger partial charge on any atom is 0.243 e. The first kappa shape index (κ1) is 21.4. The van der Waals surface area contributed by atoms with Crippen molar-refractivity contribution in [3.63, 3.8) is 0 Å². The standard InChI is InChI=1S/C21H26FN3O3S/c1-16-3-8-20(13-17(16)2)29(27,28)25-11-9-24(10-12-25)15-21(26)23-14-18-4-6-19(22)7-5-18/h3-8,13H,9-12,14-15H2,1-2H3,(H,23,26). The number of hydrogen-bond donors (Lipinski definition) is 1. The molecule has 0 saturated carbocycles. The molecular weight excluding hydrogens is 393 g/mol. The molecule has 1 fully saturated rings. The minimum absolute atomic E-state index is 0.139. The Morgan fingerprint density at radius 2 is 1.66 bits per heavy atom. The summed E-state index contributed by atoms with van der Waals surface area (Å²) in [4.78, 5) is 14.4. The number of sulfonamides is 1. The predicted octanol–water partition coefficient (Wildman–Crippen LogP) is 2.07. The third-order valence-electron chi connectivity index (χ3n) is 5.22. The number of nitrogens with one attached hydrogen (secondary N) is 1. The number of hydrogen-bond acceptors (Lipinski definition) is 4. The fraction of sp³-hybridized carbons (Fsp3) is 0.381. The van der Waals surface area contributed by atoms with Gasteiger partial charge in [-0.3, -0.25) is 9.69 Å². The maximum absolute atomic E-state index is 12.9. The molecule has 0 radical (unpaired) electrons. The smallest absolute Gasteiger partial charge is 0.243 e. The van der Waals surface area contributed by atoms with E-state index in [2.05, 4.69) is 5.32 Å². The first-order valence-corrected chi connectivity index (χ1v) is 11.0. The molecule has 1 amide bonds. The third kappa shape index (κ3) is 5.41. The molecule has 2 aromatic carbocycles. The van der Waals surface area contributed by atoms with Gasteiger partial charge in [0.05, 0.1) is 11.4 Å². The highest BCUT2D eigenvalue weighted by Crippen LogP contribution is 2.20. The Morgan fingerprint density at radius 3 is 2.28 bits per heavy atom. The highest BCUT2D eigenvalue weighted by atomic mass is 32.2. The van der Waals surface area contributed by atoms with Crippen LogP contribution in [-0.4, -0.2) is 56.3 Å². The lowest BCUT2D eigenvalue weighted by Gasteiger charge is -2.33. The second-order valence-electron chi connectivity index (χ2n) is 7.33. The number of piperazine rings is 1. The summed E-state index contributed by atoms with van der Waals surface area (Å²) in [7, 11) is -3.53. The zero-order valence-corrected chi connectivity index (χ0v) is 17.5. The normalized spacial score (nSPS) is 16.0. The van der Waals surface area contributed by atoms with Crippen molar-refractivity contribution >= 4 is 15.9 Å². The topological polar surface area (TPSA) is 69.7 Å². The zero-order chi connectivity index (χ0) is 21.0. The summed E-state index contributed by atoms with van der Waals surface area (Å²) in [5, 5.41) is 2.81. The van der Waals surface area contributed by atoms with Gasteiger partial charge in [-0.25, -0.2) is 12.8 Å². The minimum atomic E-state index is -3.53. The van der Waals surface area contributed by atoms with Crippen molar-refractivity contribution in [2.24, 2.45) is 0 Å². The molecule has 29 heavy (non-hydrogen) atoms. The molecular formula is C21H26FN3O3S. The van der Waals surface area contributed by atoms with Crippen LogP contribution in [0, 0.1) is 19.7 Å². The number of carbonyl (C=O) groups excluding carboxylic acids is 1. The van der Waals surface area contributed by atoms with Crippen LogP contribution in [0.2, 0.25) is 0 Å². The van der Waals surface area contributed by atoms with Gasteiger partial charge in [0.2, 0.25) is 15.9 Å². The summed E-state index contributed by atoms with van der Waals surface area (Å²) in [6.45, 7) is 6.07. The highest BCUT2D eigenvalue weighted by Gasteiger charge is 2.29. The molecule has 156 valence electrons. The van der Waals surface area contributed by atoms with Gasteiger partial charge >= 0.3 is 0 Å². The van der Waals surface area contributed by atoms with Crippen molar-refractivity contribution < 1.29 is 17.6 Å². The summed E-state index contributed by atoms with van der Waals surface area (Å²) in [6, 6.07) is 11.2. The molecule has 1 heterocycles. The van der Waals surface area contributed by atoms with Crippen LogP contribution in [0.4, 0.5) is 4.39 Å². The Balaban J connectivity index is 1.50. The Kier molecular flexibility index (Phi) is 6.66. The molecule has 0 aromatic heterocycles. The molecule has 0 spiro atoms. The molecule has 0 atom stereocenters. The van der Waals surface area contributed by atoms with E-state index < -0.39 is 10.0 Å². The first-order valence-electron chi connectivity index (χ1n) is 9.56. The van der Waals surface area contributed by atoms with E-state index in [4.69, 9.17) is 0 Å². The zero-order valence-electron chi connectivity index (χ0n) is 16.7. The summed E-state index contributed by atoms with van der Waals surface area (Å²) in [5.74, 6) is -0.450. The van der Waals surface area contributed by atoms with Crippen molar-refractivity contribution in [1.82, 2.24) is 14.5 Å². The van der Waals surface area contributed by atoms with Crippen LogP contribution < -0.4 is 5.32 Å². The van der Waals surface area contributed by atoms with E-state index in [1.54, 1.807) is 24.3 Å². The van der Waals surface area contributed by atoms with Gasteiger partial charge in [-0.05, 0) is 54.8 Å². The van der Waals surface area contributed by atoms with Gasteiger partial charge in [-0.1, -0.05) is 18.2 Å². The SMILES string of the molecule is Cc1ccc(S(=O)(=O)N2CCN(CC(=O)NCc3ccc(F)cc3)CC2)cc1C. The maximum atomic E-state index is 12.9. The van der Waals surface area contributed by atoms with Crippen LogP contribution in [0.5, 0.6) is 0 Å². The lowest BCUT2D eigenvalue weighted by Crippen LogP contribution is -2.51. The number of aryl methyl sites for hydroxylation is 2.